The van der Waals surface area contributed by atoms with Crippen molar-refractivity contribution in [1.29, 1.82) is 0 Å². The Balaban J connectivity index is 0.00000264. The Kier molecular flexibility index (Phi) is 7.59. The molecule has 0 aliphatic carbocycles. The van der Waals surface area contributed by atoms with Gasteiger partial charge in [0.2, 0.25) is 5.91 Å². The monoisotopic (exact) mass is 334 g/mol. The molecule has 4 nitrogen and oxygen atoms in total. The van der Waals surface area contributed by atoms with Gasteiger partial charge >= 0.3 is 0 Å². The zero-order valence-corrected chi connectivity index (χ0v) is 14.2. The Morgan fingerprint density at radius 1 is 1.17 bits per heavy atom. The van der Waals surface area contributed by atoms with E-state index < -0.39 is 0 Å². The summed E-state index contributed by atoms with van der Waals surface area (Å²) in [6.45, 7) is 2.31. The van der Waals surface area contributed by atoms with Gasteiger partial charge in [0.25, 0.3) is 0 Å². The maximum atomic E-state index is 12.3. The van der Waals surface area contributed by atoms with Crippen LogP contribution in [-0.4, -0.2) is 13.0 Å². The highest BCUT2D eigenvalue weighted by atomic mass is 35.5. The molecule has 5 heteroatoms. The van der Waals surface area contributed by atoms with Crippen LogP contribution in [0.25, 0.3) is 0 Å². The fourth-order valence-corrected chi connectivity index (χ4v) is 2.26. The van der Waals surface area contributed by atoms with Crippen molar-refractivity contribution in [2.75, 3.05) is 7.11 Å². The summed E-state index contributed by atoms with van der Waals surface area (Å²) in [7, 11) is 1.62. The number of nitrogens with two attached hydrogens (primary N) is 1. The molecular weight excluding hydrogens is 312 g/mol. The Bertz CT molecular complexity index is 619. The standard InChI is InChI=1S/C18H22N2O2.ClH/c1-13(17(19)15-8-4-3-5-9-15)18(21)20-12-14-7-6-10-16(11-14)22-2;/h3-11,13,17H,12,19H2,1-2H3,(H,20,21);1H. The summed E-state index contributed by atoms with van der Waals surface area (Å²) in [5.74, 6) is 0.424. The van der Waals surface area contributed by atoms with Crippen LogP contribution in [0, 0.1) is 5.92 Å². The first-order valence-electron chi connectivity index (χ1n) is 7.33. The molecule has 23 heavy (non-hydrogen) atoms. The van der Waals surface area contributed by atoms with Gasteiger partial charge in [-0.3, -0.25) is 4.79 Å². The number of rotatable bonds is 6. The van der Waals surface area contributed by atoms with Gasteiger partial charge in [-0.05, 0) is 23.3 Å². The molecular formula is C18H23ClN2O2. The molecule has 0 radical (unpaired) electrons. The molecule has 0 spiro atoms. The lowest BCUT2D eigenvalue weighted by molar-refractivity contribution is -0.125. The fraction of sp³-hybridized carbons (Fsp3) is 0.278. The van der Waals surface area contributed by atoms with E-state index in [9.17, 15) is 4.79 Å². The first-order valence-corrected chi connectivity index (χ1v) is 7.33. The van der Waals surface area contributed by atoms with Crippen molar-refractivity contribution >= 4 is 18.3 Å². The number of carbonyl (C=O) groups excluding carboxylic acids is 1. The molecule has 0 saturated heterocycles. The number of hydrogen-bond donors (Lipinski definition) is 2. The van der Waals surface area contributed by atoms with Gasteiger partial charge in [-0.1, -0.05) is 49.4 Å². The number of benzene rings is 2. The average Bonchev–Trinajstić information content (AvgIpc) is 2.59. The van der Waals surface area contributed by atoms with E-state index in [2.05, 4.69) is 5.32 Å². The minimum Gasteiger partial charge on any atom is -0.497 e. The Hall–Kier alpha value is -2.04. The lowest BCUT2D eigenvalue weighted by Gasteiger charge is -2.20. The summed E-state index contributed by atoms with van der Waals surface area (Å²) in [4.78, 5) is 12.3. The van der Waals surface area contributed by atoms with Gasteiger partial charge in [-0.2, -0.15) is 0 Å². The number of halogens is 1. The summed E-state index contributed by atoms with van der Waals surface area (Å²) in [6, 6.07) is 17.0. The van der Waals surface area contributed by atoms with Gasteiger partial charge in [-0.15, -0.1) is 12.4 Å². The number of methoxy groups -OCH3 is 1. The molecule has 0 bridgehead atoms. The van der Waals surface area contributed by atoms with E-state index in [-0.39, 0.29) is 30.3 Å². The zero-order valence-electron chi connectivity index (χ0n) is 13.4. The average molecular weight is 335 g/mol. The minimum atomic E-state index is -0.313. The third-order valence-corrected chi connectivity index (χ3v) is 3.74. The second-order valence-electron chi connectivity index (χ2n) is 5.29. The van der Waals surface area contributed by atoms with Gasteiger partial charge in [-0.25, -0.2) is 0 Å². The normalized spacial score (nSPS) is 12.7. The van der Waals surface area contributed by atoms with Crippen LogP contribution in [0.5, 0.6) is 5.75 Å². The van der Waals surface area contributed by atoms with Crippen molar-refractivity contribution in [3.8, 4) is 5.75 Å². The summed E-state index contributed by atoms with van der Waals surface area (Å²) >= 11 is 0. The molecule has 0 fully saturated rings. The van der Waals surface area contributed by atoms with E-state index in [1.165, 1.54) is 0 Å². The van der Waals surface area contributed by atoms with Crippen molar-refractivity contribution in [3.63, 3.8) is 0 Å². The molecule has 2 unspecified atom stereocenters. The second kappa shape index (κ2) is 9.18. The topological polar surface area (TPSA) is 64.3 Å². The first kappa shape index (κ1) is 19.0. The zero-order chi connectivity index (χ0) is 15.9. The van der Waals surface area contributed by atoms with Crippen molar-refractivity contribution in [2.24, 2.45) is 11.7 Å². The van der Waals surface area contributed by atoms with Gasteiger partial charge in [0.15, 0.2) is 0 Å². The van der Waals surface area contributed by atoms with Gasteiger partial charge in [0.05, 0.1) is 13.0 Å². The maximum Gasteiger partial charge on any atom is 0.225 e. The summed E-state index contributed by atoms with van der Waals surface area (Å²) in [5, 5.41) is 2.93. The number of nitrogens with one attached hydrogen (secondary N) is 1. The highest BCUT2D eigenvalue weighted by Gasteiger charge is 2.21. The highest BCUT2D eigenvalue weighted by Crippen LogP contribution is 2.19. The summed E-state index contributed by atoms with van der Waals surface area (Å²) in [5.41, 5.74) is 8.13. The molecule has 2 aromatic carbocycles. The van der Waals surface area contributed by atoms with Crippen LogP contribution < -0.4 is 15.8 Å². The molecule has 0 aromatic heterocycles. The first-order chi connectivity index (χ1) is 10.6. The van der Waals surface area contributed by atoms with Gasteiger partial charge in [0.1, 0.15) is 5.75 Å². The van der Waals surface area contributed by atoms with Crippen molar-refractivity contribution < 1.29 is 9.53 Å². The van der Waals surface area contributed by atoms with Gasteiger partial charge < -0.3 is 15.8 Å². The smallest absolute Gasteiger partial charge is 0.225 e. The van der Waals surface area contributed by atoms with Crippen molar-refractivity contribution in [1.82, 2.24) is 5.32 Å². The van der Waals surface area contributed by atoms with Crippen LogP contribution in [0.4, 0.5) is 0 Å². The largest absolute Gasteiger partial charge is 0.497 e. The minimum absolute atomic E-state index is 0. The lowest BCUT2D eigenvalue weighted by atomic mass is 9.94. The predicted octanol–water partition coefficient (Wildman–Crippen LogP) is 3.07. The Labute approximate surface area is 143 Å². The fourth-order valence-electron chi connectivity index (χ4n) is 2.26. The summed E-state index contributed by atoms with van der Waals surface area (Å²) in [6.07, 6.45) is 0. The molecule has 124 valence electrons. The maximum absolute atomic E-state index is 12.3. The Morgan fingerprint density at radius 3 is 2.52 bits per heavy atom. The van der Waals surface area contributed by atoms with Crippen LogP contribution in [0.15, 0.2) is 54.6 Å². The molecule has 2 atom stereocenters. The van der Waals surface area contributed by atoms with E-state index in [4.69, 9.17) is 10.5 Å². The number of hydrogen-bond acceptors (Lipinski definition) is 3. The molecule has 0 aliphatic heterocycles. The summed E-state index contributed by atoms with van der Waals surface area (Å²) < 4.78 is 5.17. The van der Waals surface area contributed by atoms with Gasteiger partial charge in [0, 0.05) is 12.6 Å². The molecule has 0 heterocycles. The van der Waals surface area contributed by atoms with E-state index in [1.54, 1.807) is 7.11 Å². The van der Waals surface area contributed by atoms with Crippen molar-refractivity contribution in [3.05, 3.63) is 65.7 Å². The quantitative estimate of drug-likeness (QED) is 0.853. The van der Waals surface area contributed by atoms with E-state index in [1.807, 2.05) is 61.5 Å². The third kappa shape index (κ3) is 5.27. The molecule has 0 aliphatic rings. The SMILES string of the molecule is COc1cccc(CNC(=O)C(C)C(N)c2ccccc2)c1.Cl. The van der Waals surface area contributed by atoms with E-state index in [0.717, 1.165) is 16.9 Å². The molecule has 1 amide bonds. The van der Waals surface area contributed by atoms with E-state index >= 15 is 0 Å². The van der Waals surface area contributed by atoms with E-state index in [0.29, 0.717) is 6.54 Å². The molecule has 3 N–H and O–H groups in total. The molecule has 2 aromatic rings. The molecule has 0 saturated carbocycles. The van der Waals surface area contributed by atoms with Crippen LogP contribution >= 0.6 is 12.4 Å². The number of carbonyl (C=O) groups is 1. The lowest BCUT2D eigenvalue weighted by Crippen LogP contribution is -2.35. The number of ether oxygens (including phenoxy) is 1. The van der Waals surface area contributed by atoms with Crippen LogP contribution in [0.1, 0.15) is 24.1 Å². The predicted molar refractivity (Wildman–Crippen MR) is 94.6 cm³/mol. The van der Waals surface area contributed by atoms with Crippen molar-refractivity contribution in [2.45, 2.75) is 19.5 Å². The van der Waals surface area contributed by atoms with Crippen LogP contribution in [0.2, 0.25) is 0 Å². The van der Waals surface area contributed by atoms with Crippen LogP contribution in [0.3, 0.4) is 0 Å². The molecule has 2 rings (SSSR count). The van der Waals surface area contributed by atoms with Crippen LogP contribution in [-0.2, 0) is 11.3 Å². The highest BCUT2D eigenvalue weighted by molar-refractivity contribution is 5.85. The number of amides is 1. The third-order valence-electron chi connectivity index (χ3n) is 3.74. The Morgan fingerprint density at radius 2 is 1.87 bits per heavy atom. The second-order valence-corrected chi connectivity index (χ2v) is 5.29.